The van der Waals surface area contributed by atoms with E-state index < -0.39 is 11.7 Å². The summed E-state index contributed by atoms with van der Waals surface area (Å²) in [5.74, 6) is -0.435. The van der Waals surface area contributed by atoms with Crippen LogP contribution in [0.2, 0.25) is 5.02 Å². The molecule has 0 spiro atoms. The number of nitrogens with one attached hydrogen (secondary N) is 1. The van der Waals surface area contributed by atoms with Gasteiger partial charge in [0.1, 0.15) is 11.6 Å². The molecule has 0 fully saturated rings. The number of nitrogens with zero attached hydrogens (tertiary/aromatic N) is 1. The summed E-state index contributed by atoms with van der Waals surface area (Å²) in [6.45, 7) is 0.526. The van der Waals surface area contributed by atoms with Crippen LogP contribution < -0.4 is 15.8 Å². The Morgan fingerprint density at radius 2 is 1.92 bits per heavy atom. The summed E-state index contributed by atoms with van der Waals surface area (Å²) < 4.78 is 42.7. The van der Waals surface area contributed by atoms with Gasteiger partial charge in [0.25, 0.3) is 5.91 Å². The summed E-state index contributed by atoms with van der Waals surface area (Å²) in [6.07, 6.45) is -3.89. The molecular weight excluding hydrogens is 394 g/mol. The molecule has 26 heavy (non-hydrogen) atoms. The van der Waals surface area contributed by atoms with Gasteiger partial charge in [0.05, 0.1) is 12.1 Å². The van der Waals surface area contributed by atoms with Crippen LogP contribution in [0.3, 0.4) is 0 Å². The molecule has 0 saturated carbocycles. The number of alkyl halides is 3. The Hall–Kier alpha value is -2.03. The van der Waals surface area contributed by atoms with E-state index in [4.69, 9.17) is 22.1 Å². The zero-order chi connectivity index (χ0) is 18.4. The number of halogens is 5. The fourth-order valence-corrected chi connectivity index (χ4v) is 2.11. The summed E-state index contributed by atoms with van der Waals surface area (Å²) in [4.78, 5) is 15.5. The summed E-state index contributed by atoms with van der Waals surface area (Å²) >= 11 is 5.72. The number of benzene rings is 1. The van der Waals surface area contributed by atoms with Crippen molar-refractivity contribution in [3.8, 4) is 5.88 Å². The van der Waals surface area contributed by atoms with Crippen molar-refractivity contribution < 1.29 is 22.7 Å². The second-order valence-electron chi connectivity index (χ2n) is 5.01. The number of amides is 1. The van der Waals surface area contributed by atoms with Gasteiger partial charge in [-0.1, -0.05) is 23.7 Å². The molecule has 5 nitrogen and oxygen atoms in total. The molecule has 1 heterocycles. The summed E-state index contributed by atoms with van der Waals surface area (Å²) in [5, 5.41) is 2.36. The quantitative estimate of drug-likeness (QED) is 0.716. The van der Waals surface area contributed by atoms with Gasteiger partial charge in [0.2, 0.25) is 5.88 Å². The first kappa shape index (κ1) is 22.0. The van der Waals surface area contributed by atoms with E-state index in [0.29, 0.717) is 18.3 Å². The third-order valence-electron chi connectivity index (χ3n) is 3.21. The molecule has 10 heteroatoms. The Bertz CT molecular complexity index is 741. The predicted octanol–water partition coefficient (Wildman–Crippen LogP) is 3.44. The highest BCUT2D eigenvalue weighted by atomic mass is 35.5. The predicted molar refractivity (Wildman–Crippen MR) is 93.7 cm³/mol. The number of aromatic nitrogens is 1. The molecule has 3 N–H and O–H groups in total. The van der Waals surface area contributed by atoms with Crippen LogP contribution in [0, 0.1) is 0 Å². The van der Waals surface area contributed by atoms with Gasteiger partial charge in [0.15, 0.2) is 0 Å². The Balaban J connectivity index is 0.00000338. The zero-order valence-corrected chi connectivity index (χ0v) is 14.9. The molecule has 0 aliphatic carbocycles. The van der Waals surface area contributed by atoms with E-state index in [1.165, 1.54) is 0 Å². The molecule has 1 aromatic heterocycles. The number of ether oxygens (including phenoxy) is 1. The molecule has 1 amide bonds. The van der Waals surface area contributed by atoms with Crippen LogP contribution in [0.15, 0.2) is 36.5 Å². The van der Waals surface area contributed by atoms with E-state index in [1.54, 1.807) is 24.3 Å². The number of nitrogens with two attached hydrogens (primary N) is 1. The second-order valence-corrected chi connectivity index (χ2v) is 5.42. The molecule has 0 saturated heterocycles. The Labute approximate surface area is 159 Å². The first-order chi connectivity index (χ1) is 11.8. The number of hydrogen-bond donors (Lipinski definition) is 2. The average molecular weight is 410 g/mol. The smallest absolute Gasteiger partial charge is 0.417 e. The van der Waals surface area contributed by atoms with Crippen LogP contribution in [-0.4, -0.2) is 24.0 Å². The first-order valence-corrected chi connectivity index (χ1v) is 7.62. The average Bonchev–Trinajstić information content (AvgIpc) is 2.58. The third kappa shape index (κ3) is 6.05. The molecule has 0 bridgehead atoms. The second kappa shape index (κ2) is 9.61. The van der Waals surface area contributed by atoms with Crippen molar-refractivity contribution in [3.63, 3.8) is 0 Å². The van der Waals surface area contributed by atoms with E-state index in [-0.39, 0.29) is 42.4 Å². The minimum absolute atomic E-state index is 0. The first-order valence-electron chi connectivity index (χ1n) is 7.24. The van der Waals surface area contributed by atoms with Crippen molar-refractivity contribution in [2.24, 2.45) is 5.73 Å². The number of hydrogen-bond acceptors (Lipinski definition) is 4. The van der Waals surface area contributed by atoms with Crippen molar-refractivity contribution >= 4 is 29.9 Å². The maximum absolute atomic E-state index is 12.5. The van der Waals surface area contributed by atoms with E-state index in [1.807, 2.05) is 0 Å². The van der Waals surface area contributed by atoms with Crippen molar-refractivity contribution in [1.29, 1.82) is 0 Å². The Kier molecular flexibility index (Phi) is 8.13. The van der Waals surface area contributed by atoms with Gasteiger partial charge >= 0.3 is 6.18 Å². The highest BCUT2D eigenvalue weighted by Gasteiger charge is 2.31. The molecule has 0 atom stereocenters. The topological polar surface area (TPSA) is 77.2 Å². The lowest BCUT2D eigenvalue weighted by Gasteiger charge is -2.11. The van der Waals surface area contributed by atoms with Gasteiger partial charge in [-0.05, 0) is 23.8 Å². The van der Waals surface area contributed by atoms with Gasteiger partial charge in [-0.25, -0.2) is 4.98 Å². The summed E-state index contributed by atoms with van der Waals surface area (Å²) in [5.41, 5.74) is 5.89. The fraction of sp³-hybridized carbons (Fsp3) is 0.250. The number of pyridine rings is 1. The minimum atomic E-state index is -4.53. The molecule has 2 aromatic rings. The van der Waals surface area contributed by atoms with E-state index in [9.17, 15) is 18.0 Å². The van der Waals surface area contributed by atoms with Gasteiger partial charge in [-0.15, -0.1) is 12.4 Å². The van der Waals surface area contributed by atoms with Crippen LogP contribution in [0.5, 0.6) is 5.88 Å². The monoisotopic (exact) mass is 409 g/mol. The molecule has 0 unspecified atom stereocenters. The van der Waals surface area contributed by atoms with E-state index in [0.717, 1.165) is 11.6 Å². The fourth-order valence-electron chi connectivity index (χ4n) is 1.89. The third-order valence-corrected chi connectivity index (χ3v) is 3.48. The Morgan fingerprint density at radius 1 is 1.27 bits per heavy atom. The molecule has 0 aliphatic heterocycles. The lowest BCUT2D eigenvalue weighted by Crippen LogP contribution is -2.28. The van der Waals surface area contributed by atoms with Crippen LogP contribution in [-0.2, 0) is 12.7 Å². The standard InChI is InChI=1S/C16H15ClF3N3O2.ClH/c17-13-7-12(16(18,19)20)9-23-15(13)25-6-5-22-14(24)11-3-1-10(8-21)2-4-11;/h1-4,7,9H,5-6,8,21H2,(H,22,24);1H. The molecule has 0 radical (unpaired) electrons. The van der Waals surface area contributed by atoms with Crippen LogP contribution in [0.25, 0.3) is 0 Å². The van der Waals surface area contributed by atoms with Crippen molar-refractivity contribution in [3.05, 3.63) is 58.2 Å². The van der Waals surface area contributed by atoms with Gasteiger partial charge < -0.3 is 15.8 Å². The molecule has 0 aliphatic rings. The zero-order valence-electron chi connectivity index (χ0n) is 13.3. The highest BCUT2D eigenvalue weighted by molar-refractivity contribution is 6.31. The highest BCUT2D eigenvalue weighted by Crippen LogP contribution is 2.32. The van der Waals surface area contributed by atoms with Gasteiger partial charge in [-0.3, -0.25) is 4.79 Å². The molecular formula is C16H16Cl2F3N3O2. The van der Waals surface area contributed by atoms with Gasteiger partial charge in [0, 0.05) is 18.3 Å². The summed E-state index contributed by atoms with van der Waals surface area (Å²) in [6, 6.07) is 7.52. The Morgan fingerprint density at radius 3 is 2.46 bits per heavy atom. The SMILES string of the molecule is Cl.NCc1ccc(C(=O)NCCOc2ncc(C(F)(F)F)cc2Cl)cc1. The van der Waals surface area contributed by atoms with Crippen LogP contribution >= 0.6 is 24.0 Å². The minimum Gasteiger partial charge on any atom is -0.475 e. The van der Waals surface area contributed by atoms with Gasteiger partial charge in [-0.2, -0.15) is 13.2 Å². The molecule has 2 rings (SSSR count). The molecule has 142 valence electrons. The van der Waals surface area contributed by atoms with Crippen molar-refractivity contribution in [1.82, 2.24) is 10.3 Å². The largest absolute Gasteiger partial charge is 0.475 e. The van der Waals surface area contributed by atoms with E-state index >= 15 is 0 Å². The van der Waals surface area contributed by atoms with Crippen molar-refractivity contribution in [2.45, 2.75) is 12.7 Å². The number of carbonyl (C=O) groups excluding carboxylic acids is 1. The molecule has 1 aromatic carbocycles. The van der Waals surface area contributed by atoms with Crippen LogP contribution in [0.4, 0.5) is 13.2 Å². The maximum Gasteiger partial charge on any atom is 0.417 e. The number of rotatable bonds is 6. The summed E-state index contributed by atoms with van der Waals surface area (Å²) in [7, 11) is 0. The normalized spacial score (nSPS) is 10.8. The maximum atomic E-state index is 12.5. The van der Waals surface area contributed by atoms with Crippen molar-refractivity contribution in [2.75, 3.05) is 13.2 Å². The number of carbonyl (C=O) groups is 1. The van der Waals surface area contributed by atoms with E-state index in [2.05, 4.69) is 10.3 Å². The lowest BCUT2D eigenvalue weighted by atomic mass is 10.1. The lowest BCUT2D eigenvalue weighted by molar-refractivity contribution is -0.137. The van der Waals surface area contributed by atoms with Crippen LogP contribution in [0.1, 0.15) is 21.5 Å².